The number of H-pyrrole nitrogens is 1. The van der Waals surface area contributed by atoms with Gasteiger partial charge in [0.2, 0.25) is 0 Å². The van der Waals surface area contributed by atoms with Gasteiger partial charge in [0, 0.05) is 12.5 Å². The van der Waals surface area contributed by atoms with Crippen molar-refractivity contribution in [3.05, 3.63) is 12.2 Å². The van der Waals surface area contributed by atoms with Crippen molar-refractivity contribution in [1.29, 1.82) is 0 Å². The zero-order chi connectivity index (χ0) is 10.4. The maximum absolute atomic E-state index is 10.9. The average molecular weight is 198 g/mol. The van der Waals surface area contributed by atoms with Crippen molar-refractivity contribution >= 4 is 6.09 Å². The third-order valence-electron chi connectivity index (χ3n) is 1.91. The third kappa shape index (κ3) is 3.04. The molecule has 0 radical (unpaired) electrons. The summed E-state index contributed by atoms with van der Waals surface area (Å²) in [5, 5.41) is 10.2. The molecule has 0 bridgehead atoms. The van der Waals surface area contributed by atoms with Gasteiger partial charge in [0.25, 0.3) is 0 Å². The van der Waals surface area contributed by atoms with E-state index in [2.05, 4.69) is 25.2 Å². The zero-order valence-corrected chi connectivity index (χ0v) is 8.28. The molecule has 14 heavy (non-hydrogen) atoms. The van der Waals surface area contributed by atoms with Gasteiger partial charge in [0.15, 0.2) is 0 Å². The molecule has 0 saturated heterocycles. The highest BCUT2D eigenvalue weighted by molar-refractivity contribution is 5.67. The summed E-state index contributed by atoms with van der Waals surface area (Å²) >= 11 is 0. The average Bonchev–Trinajstić information content (AvgIpc) is 2.69. The SMILES string of the molecule is CCC(Cc1nnc[nH]1)NC(=O)OC. The lowest BCUT2D eigenvalue weighted by Crippen LogP contribution is -2.36. The number of aromatic nitrogens is 3. The first kappa shape index (κ1) is 10.5. The number of hydrogen-bond donors (Lipinski definition) is 2. The Morgan fingerprint density at radius 2 is 2.57 bits per heavy atom. The van der Waals surface area contributed by atoms with Gasteiger partial charge in [-0.2, -0.15) is 0 Å². The van der Waals surface area contributed by atoms with Crippen LogP contribution >= 0.6 is 0 Å². The van der Waals surface area contributed by atoms with Gasteiger partial charge in [0.05, 0.1) is 7.11 Å². The number of rotatable bonds is 4. The molecule has 1 aromatic heterocycles. The van der Waals surface area contributed by atoms with E-state index in [0.29, 0.717) is 6.42 Å². The molecule has 6 heteroatoms. The zero-order valence-electron chi connectivity index (χ0n) is 8.28. The van der Waals surface area contributed by atoms with Crippen LogP contribution in [-0.2, 0) is 11.2 Å². The van der Waals surface area contributed by atoms with Crippen LogP contribution in [0.4, 0.5) is 4.79 Å². The van der Waals surface area contributed by atoms with Crippen LogP contribution in [0.2, 0.25) is 0 Å². The smallest absolute Gasteiger partial charge is 0.407 e. The highest BCUT2D eigenvalue weighted by atomic mass is 16.5. The van der Waals surface area contributed by atoms with E-state index < -0.39 is 6.09 Å². The number of nitrogens with zero attached hydrogens (tertiary/aromatic N) is 2. The molecule has 2 N–H and O–H groups in total. The Balaban J connectivity index is 2.43. The normalized spacial score (nSPS) is 12.1. The lowest BCUT2D eigenvalue weighted by molar-refractivity contribution is 0.166. The Bertz CT molecular complexity index is 273. The van der Waals surface area contributed by atoms with E-state index in [1.165, 1.54) is 13.4 Å². The summed E-state index contributed by atoms with van der Waals surface area (Å²) in [6, 6.07) is 0.0235. The van der Waals surface area contributed by atoms with Crippen molar-refractivity contribution in [2.24, 2.45) is 0 Å². The van der Waals surface area contributed by atoms with E-state index in [0.717, 1.165) is 12.2 Å². The maximum atomic E-state index is 10.9. The summed E-state index contributed by atoms with van der Waals surface area (Å²) in [7, 11) is 1.34. The highest BCUT2D eigenvalue weighted by Gasteiger charge is 2.12. The van der Waals surface area contributed by atoms with Gasteiger partial charge in [-0.05, 0) is 6.42 Å². The molecule has 6 nitrogen and oxygen atoms in total. The van der Waals surface area contributed by atoms with Crippen LogP contribution in [0.3, 0.4) is 0 Å². The molecule has 78 valence electrons. The first-order valence-electron chi connectivity index (χ1n) is 4.45. The summed E-state index contributed by atoms with van der Waals surface area (Å²) in [5.74, 6) is 0.758. The second kappa shape index (κ2) is 5.21. The van der Waals surface area contributed by atoms with Crippen molar-refractivity contribution in [3.8, 4) is 0 Å². The highest BCUT2D eigenvalue weighted by Crippen LogP contribution is 1.99. The van der Waals surface area contributed by atoms with Crippen molar-refractivity contribution in [3.63, 3.8) is 0 Å². The van der Waals surface area contributed by atoms with E-state index >= 15 is 0 Å². The molecule has 0 saturated carbocycles. The molecule has 1 amide bonds. The number of methoxy groups -OCH3 is 1. The molecule has 0 aliphatic heterocycles. The summed E-state index contributed by atoms with van der Waals surface area (Å²) in [6.45, 7) is 1.98. The molecule has 1 rings (SSSR count). The van der Waals surface area contributed by atoms with Crippen LogP contribution in [0.5, 0.6) is 0 Å². The van der Waals surface area contributed by atoms with E-state index in [1.807, 2.05) is 6.92 Å². The molecule has 1 atom stereocenters. The number of hydrogen-bond acceptors (Lipinski definition) is 4. The Hall–Kier alpha value is -1.59. The van der Waals surface area contributed by atoms with E-state index in [9.17, 15) is 4.79 Å². The molecule has 1 heterocycles. The maximum Gasteiger partial charge on any atom is 0.407 e. The largest absolute Gasteiger partial charge is 0.453 e. The summed E-state index contributed by atoms with van der Waals surface area (Å²) < 4.78 is 4.51. The van der Waals surface area contributed by atoms with Crippen LogP contribution in [0.25, 0.3) is 0 Å². The van der Waals surface area contributed by atoms with Gasteiger partial charge >= 0.3 is 6.09 Å². The molecule has 0 fully saturated rings. The van der Waals surface area contributed by atoms with E-state index in [1.54, 1.807) is 0 Å². The Morgan fingerprint density at radius 1 is 1.79 bits per heavy atom. The molecule has 0 aromatic carbocycles. The summed E-state index contributed by atoms with van der Waals surface area (Å²) in [5.41, 5.74) is 0. The van der Waals surface area contributed by atoms with Crippen LogP contribution in [-0.4, -0.2) is 34.4 Å². The quantitative estimate of drug-likeness (QED) is 0.737. The summed E-state index contributed by atoms with van der Waals surface area (Å²) in [4.78, 5) is 13.8. The van der Waals surface area contributed by atoms with Gasteiger partial charge in [-0.3, -0.25) is 0 Å². The Labute approximate surface area is 82.1 Å². The number of ether oxygens (including phenoxy) is 1. The number of nitrogens with one attached hydrogen (secondary N) is 2. The molecule has 1 unspecified atom stereocenters. The van der Waals surface area contributed by atoms with Gasteiger partial charge < -0.3 is 15.0 Å². The van der Waals surface area contributed by atoms with Gasteiger partial charge in [-0.1, -0.05) is 6.92 Å². The standard InChI is InChI=1S/C8H14N4O2/c1-3-6(11-8(13)14-2)4-7-9-5-10-12-7/h5-6H,3-4H2,1-2H3,(H,11,13)(H,9,10,12). The van der Waals surface area contributed by atoms with Crippen molar-refractivity contribution in [2.45, 2.75) is 25.8 Å². The minimum absolute atomic E-state index is 0.0235. The first-order valence-corrected chi connectivity index (χ1v) is 4.45. The van der Waals surface area contributed by atoms with Crippen LogP contribution < -0.4 is 5.32 Å². The predicted octanol–water partition coefficient (Wildman–Crippen LogP) is 0.482. The summed E-state index contributed by atoms with van der Waals surface area (Å²) in [6.07, 6.45) is 2.54. The van der Waals surface area contributed by atoms with E-state index in [-0.39, 0.29) is 6.04 Å². The van der Waals surface area contributed by atoms with Crippen LogP contribution in [0.15, 0.2) is 6.33 Å². The first-order chi connectivity index (χ1) is 6.76. The van der Waals surface area contributed by atoms with Crippen molar-refractivity contribution in [1.82, 2.24) is 20.5 Å². The fourth-order valence-corrected chi connectivity index (χ4v) is 1.09. The number of aromatic amines is 1. The van der Waals surface area contributed by atoms with Crippen LogP contribution in [0, 0.1) is 0 Å². The topological polar surface area (TPSA) is 79.9 Å². The second-order valence-corrected chi connectivity index (χ2v) is 2.88. The van der Waals surface area contributed by atoms with Gasteiger partial charge in [0.1, 0.15) is 12.2 Å². The molecule has 1 aromatic rings. The van der Waals surface area contributed by atoms with Gasteiger partial charge in [-0.25, -0.2) is 4.79 Å². The fraction of sp³-hybridized carbons (Fsp3) is 0.625. The lowest BCUT2D eigenvalue weighted by Gasteiger charge is -2.13. The number of alkyl carbamates (subject to hydrolysis) is 1. The molecule has 0 aliphatic rings. The minimum atomic E-state index is -0.420. The molecular weight excluding hydrogens is 184 g/mol. The van der Waals surface area contributed by atoms with Gasteiger partial charge in [-0.15, -0.1) is 10.2 Å². The predicted molar refractivity (Wildman–Crippen MR) is 49.7 cm³/mol. The minimum Gasteiger partial charge on any atom is -0.453 e. The van der Waals surface area contributed by atoms with Crippen molar-refractivity contribution in [2.75, 3.05) is 7.11 Å². The number of amides is 1. The lowest BCUT2D eigenvalue weighted by atomic mass is 10.1. The molecule has 0 aliphatic carbocycles. The monoisotopic (exact) mass is 198 g/mol. The fourth-order valence-electron chi connectivity index (χ4n) is 1.09. The van der Waals surface area contributed by atoms with E-state index in [4.69, 9.17) is 0 Å². The Morgan fingerprint density at radius 3 is 3.07 bits per heavy atom. The second-order valence-electron chi connectivity index (χ2n) is 2.88. The molecule has 0 spiro atoms. The van der Waals surface area contributed by atoms with Crippen LogP contribution in [0.1, 0.15) is 19.2 Å². The number of carbonyl (C=O) groups excluding carboxylic acids is 1. The van der Waals surface area contributed by atoms with Crippen molar-refractivity contribution < 1.29 is 9.53 Å². The molecular formula is C8H14N4O2. The number of carbonyl (C=O) groups is 1. The third-order valence-corrected chi connectivity index (χ3v) is 1.91. The Kier molecular flexibility index (Phi) is 3.90.